The topological polar surface area (TPSA) is 68.7 Å². The van der Waals surface area contributed by atoms with Gasteiger partial charge in [0.15, 0.2) is 5.75 Å². The predicted octanol–water partition coefficient (Wildman–Crippen LogP) is 3.12. The molecule has 2 heterocycles. The lowest BCUT2D eigenvalue weighted by molar-refractivity contribution is -0.131. The maximum Gasteiger partial charge on any atom is 0.410 e. The number of hydrogen-bond donors (Lipinski definition) is 0. The van der Waals surface area contributed by atoms with Gasteiger partial charge in [-0.15, -0.1) is 0 Å². The zero-order valence-electron chi connectivity index (χ0n) is 14.2. The quantitative estimate of drug-likeness (QED) is 0.783. The van der Waals surface area contributed by atoms with Crippen LogP contribution in [0, 0.1) is 0 Å². The van der Waals surface area contributed by atoms with E-state index in [0.717, 1.165) is 18.5 Å². The fourth-order valence-electron chi connectivity index (χ4n) is 2.61. The van der Waals surface area contributed by atoms with Gasteiger partial charge in [-0.1, -0.05) is 0 Å². The molecular weight excluding hydrogens is 296 g/mol. The van der Waals surface area contributed by atoms with Crippen molar-refractivity contribution in [1.29, 1.82) is 0 Å². The highest BCUT2D eigenvalue weighted by Gasteiger charge is 2.29. The molecule has 0 atom stereocenters. The van der Waals surface area contributed by atoms with Gasteiger partial charge in [0.1, 0.15) is 5.60 Å². The average Bonchev–Trinajstić information content (AvgIpc) is 2.45. The minimum absolute atomic E-state index is 0.171. The summed E-state index contributed by atoms with van der Waals surface area (Å²) in [6.45, 7) is 8.16. The molecule has 0 spiro atoms. The van der Waals surface area contributed by atoms with Gasteiger partial charge in [-0.2, -0.15) is 0 Å². The Morgan fingerprint density at radius 2 is 1.91 bits per heavy atom. The molecule has 2 rings (SSSR count). The molecule has 1 fully saturated rings. The molecule has 0 radical (unpaired) electrons. The highest BCUT2D eigenvalue weighted by Crippen LogP contribution is 2.33. The molecule has 1 saturated heterocycles. The van der Waals surface area contributed by atoms with Crippen LogP contribution in [-0.2, 0) is 9.53 Å². The first-order valence-corrected chi connectivity index (χ1v) is 7.87. The number of aromatic nitrogens is 1. The van der Waals surface area contributed by atoms with Crippen molar-refractivity contribution in [1.82, 2.24) is 9.88 Å². The summed E-state index contributed by atoms with van der Waals surface area (Å²) in [6.07, 6.45) is 2.95. The second kappa shape index (κ2) is 6.98. The molecule has 126 valence electrons. The fourth-order valence-corrected chi connectivity index (χ4v) is 2.61. The van der Waals surface area contributed by atoms with E-state index in [-0.39, 0.29) is 18.0 Å². The number of rotatable bonds is 2. The molecule has 6 heteroatoms. The molecule has 1 aromatic heterocycles. The second-order valence-corrected chi connectivity index (χ2v) is 6.72. The van der Waals surface area contributed by atoms with Crippen molar-refractivity contribution in [2.24, 2.45) is 0 Å². The van der Waals surface area contributed by atoms with Crippen LogP contribution in [0.1, 0.15) is 52.1 Å². The number of carbonyl (C=O) groups excluding carboxylic acids is 2. The molecule has 0 aliphatic carbocycles. The van der Waals surface area contributed by atoms with Crippen LogP contribution in [0.3, 0.4) is 0 Å². The van der Waals surface area contributed by atoms with Gasteiger partial charge < -0.3 is 14.4 Å². The summed E-state index contributed by atoms with van der Waals surface area (Å²) < 4.78 is 10.6. The smallest absolute Gasteiger partial charge is 0.410 e. The van der Waals surface area contributed by atoms with Crippen molar-refractivity contribution in [3.63, 3.8) is 0 Å². The summed E-state index contributed by atoms with van der Waals surface area (Å²) in [5.74, 6) is 0.324. The van der Waals surface area contributed by atoms with Crippen molar-refractivity contribution >= 4 is 12.1 Å². The molecule has 1 amide bonds. The third-order valence-electron chi connectivity index (χ3n) is 3.59. The Hall–Kier alpha value is -2.11. The van der Waals surface area contributed by atoms with Gasteiger partial charge in [0.05, 0.1) is 5.69 Å². The summed E-state index contributed by atoms with van der Waals surface area (Å²) >= 11 is 0. The van der Waals surface area contributed by atoms with Crippen LogP contribution in [0.25, 0.3) is 0 Å². The first kappa shape index (κ1) is 17.2. The molecule has 1 aliphatic heterocycles. The molecule has 0 aromatic carbocycles. The van der Waals surface area contributed by atoms with E-state index in [2.05, 4.69) is 4.98 Å². The van der Waals surface area contributed by atoms with Gasteiger partial charge in [0, 0.05) is 32.1 Å². The Balaban J connectivity index is 2.00. The number of amides is 1. The molecular formula is C17H24N2O4. The molecule has 0 bridgehead atoms. The first-order valence-electron chi connectivity index (χ1n) is 7.87. The molecule has 1 aromatic rings. The van der Waals surface area contributed by atoms with Crippen molar-refractivity contribution in [3.05, 3.63) is 24.0 Å². The number of hydrogen-bond acceptors (Lipinski definition) is 5. The number of likely N-dealkylation sites (tertiary alicyclic amines) is 1. The summed E-state index contributed by atoms with van der Waals surface area (Å²) in [6, 6.07) is 3.50. The van der Waals surface area contributed by atoms with Crippen LogP contribution in [0.2, 0.25) is 0 Å². The van der Waals surface area contributed by atoms with Gasteiger partial charge in [0.2, 0.25) is 0 Å². The van der Waals surface area contributed by atoms with E-state index >= 15 is 0 Å². The van der Waals surface area contributed by atoms with Crippen LogP contribution in [-0.4, -0.2) is 40.6 Å². The average molecular weight is 320 g/mol. The minimum Gasteiger partial charge on any atom is -0.444 e. The molecule has 23 heavy (non-hydrogen) atoms. The number of nitrogens with zero attached hydrogens (tertiary/aromatic N) is 2. The monoisotopic (exact) mass is 320 g/mol. The lowest BCUT2D eigenvalue weighted by Crippen LogP contribution is -2.41. The molecule has 0 unspecified atom stereocenters. The van der Waals surface area contributed by atoms with Gasteiger partial charge in [-0.25, -0.2) is 4.79 Å². The SMILES string of the molecule is CC(=O)Oc1cccnc1C1CCN(C(=O)OC(C)(C)C)CC1. The number of piperidine rings is 1. The van der Waals surface area contributed by atoms with E-state index in [1.807, 2.05) is 20.8 Å². The van der Waals surface area contributed by atoms with Crippen LogP contribution < -0.4 is 4.74 Å². The van der Waals surface area contributed by atoms with E-state index in [4.69, 9.17) is 9.47 Å². The number of esters is 1. The van der Waals surface area contributed by atoms with E-state index < -0.39 is 5.60 Å². The first-order chi connectivity index (χ1) is 10.8. The third kappa shape index (κ3) is 4.94. The molecule has 1 aliphatic rings. The fraction of sp³-hybridized carbons (Fsp3) is 0.588. The number of pyridine rings is 1. The van der Waals surface area contributed by atoms with Gasteiger partial charge in [-0.3, -0.25) is 9.78 Å². The predicted molar refractivity (Wildman–Crippen MR) is 85.3 cm³/mol. The summed E-state index contributed by atoms with van der Waals surface area (Å²) in [4.78, 5) is 29.4. The van der Waals surface area contributed by atoms with Crippen LogP contribution in [0.5, 0.6) is 5.75 Å². The highest BCUT2D eigenvalue weighted by atomic mass is 16.6. The van der Waals surface area contributed by atoms with E-state index in [1.54, 1.807) is 23.2 Å². The normalized spacial score (nSPS) is 16.1. The van der Waals surface area contributed by atoms with Gasteiger partial charge in [0.25, 0.3) is 0 Å². The Labute approximate surface area is 136 Å². The number of ether oxygens (including phenoxy) is 2. The van der Waals surface area contributed by atoms with Crippen molar-refractivity contribution in [3.8, 4) is 5.75 Å². The Morgan fingerprint density at radius 1 is 1.26 bits per heavy atom. The second-order valence-electron chi connectivity index (χ2n) is 6.72. The maximum absolute atomic E-state index is 12.1. The van der Waals surface area contributed by atoms with Crippen LogP contribution in [0.4, 0.5) is 4.79 Å². The Bertz CT molecular complexity index is 572. The molecule has 0 N–H and O–H groups in total. The summed E-state index contributed by atoms with van der Waals surface area (Å²) in [7, 11) is 0. The lowest BCUT2D eigenvalue weighted by Gasteiger charge is -2.33. The Morgan fingerprint density at radius 3 is 2.48 bits per heavy atom. The Kier molecular flexibility index (Phi) is 5.23. The van der Waals surface area contributed by atoms with Gasteiger partial charge >= 0.3 is 12.1 Å². The van der Waals surface area contributed by atoms with Gasteiger partial charge in [-0.05, 0) is 45.7 Å². The summed E-state index contributed by atoms with van der Waals surface area (Å²) in [5.41, 5.74) is 0.295. The zero-order chi connectivity index (χ0) is 17.0. The molecule has 0 saturated carbocycles. The zero-order valence-corrected chi connectivity index (χ0v) is 14.2. The maximum atomic E-state index is 12.1. The summed E-state index contributed by atoms with van der Waals surface area (Å²) in [5, 5.41) is 0. The van der Waals surface area contributed by atoms with Crippen molar-refractivity contribution in [2.75, 3.05) is 13.1 Å². The minimum atomic E-state index is -0.489. The number of carbonyl (C=O) groups is 2. The van der Waals surface area contributed by atoms with Crippen LogP contribution in [0.15, 0.2) is 18.3 Å². The van der Waals surface area contributed by atoms with E-state index in [0.29, 0.717) is 18.8 Å². The van der Waals surface area contributed by atoms with Crippen LogP contribution >= 0.6 is 0 Å². The lowest BCUT2D eigenvalue weighted by atomic mass is 9.92. The molecule has 6 nitrogen and oxygen atoms in total. The van der Waals surface area contributed by atoms with Crippen molar-refractivity contribution in [2.45, 2.75) is 52.1 Å². The van der Waals surface area contributed by atoms with Crippen molar-refractivity contribution < 1.29 is 19.1 Å². The third-order valence-corrected chi connectivity index (χ3v) is 3.59. The van der Waals surface area contributed by atoms with E-state index in [9.17, 15) is 9.59 Å². The highest BCUT2D eigenvalue weighted by molar-refractivity contribution is 5.70. The largest absolute Gasteiger partial charge is 0.444 e. The standard InChI is InChI=1S/C17H24N2O4/c1-12(20)22-14-6-5-9-18-15(14)13-7-10-19(11-8-13)16(21)23-17(2,3)4/h5-6,9,13H,7-8,10-11H2,1-4H3. The van der Waals surface area contributed by atoms with E-state index in [1.165, 1.54) is 6.92 Å².